The van der Waals surface area contributed by atoms with Gasteiger partial charge in [0.15, 0.2) is 0 Å². The minimum atomic E-state index is -0.495. The first kappa shape index (κ1) is 15.6. The first-order valence-corrected chi connectivity index (χ1v) is 7.27. The quantitative estimate of drug-likeness (QED) is 0.730. The van der Waals surface area contributed by atoms with Gasteiger partial charge in [0.2, 0.25) is 0 Å². The van der Waals surface area contributed by atoms with Gasteiger partial charge in [-0.25, -0.2) is 4.79 Å². The highest BCUT2D eigenvalue weighted by atomic mass is 16.6. The molecule has 3 nitrogen and oxygen atoms in total. The topological polar surface area (TPSA) is 35.5 Å². The van der Waals surface area contributed by atoms with Crippen LogP contribution in [0.3, 0.4) is 0 Å². The van der Waals surface area contributed by atoms with Crippen LogP contribution in [0, 0.1) is 0 Å². The van der Waals surface area contributed by atoms with Crippen molar-refractivity contribution in [2.45, 2.75) is 52.6 Å². The van der Waals surface area contributed by atoms with Crippen molar-refractivity contribution in [3.05, 3.63) is 34.9 Å². The molecule has 21 heavy (non-hydrogen) atoms. The fraction of sp³-hybridized carbons (Fsp3) is 0.500. The molecule has 0 saturated heterocycles. The molecule has 0 bridgehead atoms. The molecular weight excluding hydrogens is 264 g/mol. The van der Waals surface area contributed by atoms with Crippen molar-refractivity contribution in [2.24, 2.45) is 0 Å². The summed E-state index contributed by atoms with van der Waals surface area (Å²) in [4.78, 5) is 12.1. The molecule has 0 amide bonds. The van der Waals surface area contributed by atoms with Gasteiger partial charge in [-0.15, -0.1) is 0 Å². The number of carbonyl (C=O) groups excluding carboxylic acids is 1. The third-order valence-electron chi connectivity index (χ3n) is 3.25. The second-order valence-corrected chi connectivity index (χ2v) is 7.46. The van der Waals surface area contributed by atoms with E-state index in [1.807, 2.05) is 32.9 Å². The Morgan fingerprint density at radius 2 is 1.81 bits per heavy atom. The zero-order valence-corrected chi connectivity index (χ0v) is 13.7. The molecule has 114 valence electrons. The second kappa shape index (κ2) is 5.21. The van der Waals surface area contributed by atoms with Crippen LogP contribution in [0.1, 0.15) is 52.7 Å². The molecule has 0 spiro atoms. The van der Waals surface area contributed by atoms with Crippen LogP contribution in [0.4, 0.5) is 0 Å². The van der Waals surface area contributed by atoms with E-state index in [0.29, 0.717) is 5.57 Å². The Balaban J connectivity index is 2.31. The van der Waals surface area contributed by atoms with Gasteiger partial charge in [-0.1, -0.05) is 26.8 Å². The number of carbonyl (C=O) groups is 1. The Kier molecular flexibility index (Phi) is 3.87. The normalized spacial score (nSPS) is 14.9. The van der Waals surface area contributed by atoms with Crippen LogP contribution in [0.2, 0.25) is 0 Å². The first-order valence-electron chi connectivity index (χ1n) is 7.27. The highest BCUT2D eigenvalue weighted by Gasteiger charge is 2.24. The predicted octanol–water partition coefficient (Wildman–Crippen LogP) is 4.10. The molecule has 1 aliphatic heterocycles. The maximum absolute atomic E-state index is 12.1. The van der Waals surface area contributed by atoms with Gasteiger partial charge < -0.3 is 9.47 Å². The number of ether oxygens (including phenoxy) is 2. The first-order chi connectivity index (χ1) is 9.56. The Hall–Kier alpha value is -1.77. The maximum Gasteiger partial charge on any atom is 0.338 e. The maximum atomic E-state index is 12.1. The van der Waals surface area contributed by atoms with Crippen LogP contribution in [0.25, 0.3) is 6.08 Å². The van der Waals surface area contributed by atoms with Crippen molar-refractivity contribution < 1.29 is 14.3 Å². The van der Waals surface area contributed by atoms with Gasteiger partial charge in [-0.05, 0) is 50.0 Å². The van der Waals surface area contributed by atoms with Crippen LogP contribution in [0.15, 0.2) is 23.8 Å². The summed E-state index contributed by atoms with van der Waals surface area (Å²) in [6, 6.07) is 6.13. The Bertz CT molecular complexity index is 583. The summed E-state index contributed by atoms with van der Waals surface area (Å²) in [7, 11) is 0. The lowest BCUT2D eigenvalue weighted by molar-refractivity contribution is -0.150. The molecule has 0 radical (unpaired) electrons. The summed E-state index contributed by atoms with van der Waals surface area (Å²) in [6.45, 7) is 12.3. The number of fused-ring (bicyclic) bond motifs is 1. The molecule has 1 heterocycles. The molecule has 1 aromatic rings. The average molecular weight is 288 g/mol. The molecule has 0 saturated carbocycles. The van der Waals surface area contributed by atoms with Crippen LogP contribution in [0.5, 0.6) is 5.75 Å². The zero-order chi connectivity index (χ0) is 15.8. The standard InChI is InChI=1S/C18H24O3/c1-17(2,3)14-7-8-15-12(10-14)9-13(11-20-15)16(19)21-18(4,5)6/h7-10H,11H2,1-6H3. The highest BCUT2D eigenvalue weighted by molar-refractivity contribution is 5.95. The number of benzene rings is 1. The number of hydrogen-bond donors (Lipinski definition) is 0. The lowest BCUT2D eigenvalue weighted by Crippen LogP contribution is -2.27. The largest absolute Gasteiger partial charge is 0.488 e. The van der Waals surface area contributed by atoms with Gasteiger partial charge in [0.05, 0.1) is 5.57 Å². The third kappa shape index (κ3) is 3.87. The third-order valence-corrected chi connectivity index (χ3v) is 3.25. The summed E-state index contributed by atoms with van der Waals surface area (Å²) in [6.07, 6.45) is 1.88. The Morgan fingerprint density at radius 1 is 1.14 bits per heavy atom. The smallest absolute Gasteiger partial charge is 0.338 e. The predicted molar refractivity (Wildman–Crippen MR) is 84.5 cm³/mol. The van der Waals surface area contributed by atoms with Crippen molar-refractivity contribution in [1.82, 2.24) is 0 Å². The zero-order valence-electron chi connectivity index (χ0n) is 13.7. The van der Waals surface area contributed by atoms with Crippen LogP contribution < -0.4 is 4.74 Å². The Labute approximate surface area is 127 Å². The number of rotatable bonds is 1. The van der Waals surface area contributed by atoms with E-state index in [1.54, 1.807) is 0 Å². The molecule has 1 aliphatic rings. The highest BCUT2D eigenvalue weighted by Crippen LogP contribution is 2.32. The second-order valence-electron chi connectivity index (χ2n) is 7.46. The van der Waals surface area contributed by atoms with Crippen molar-refractivity contribution in [3.8, 4) is 5.75 Å². The monoisotopic (exact) mass is 288 g/mol. The minimum Gasteiger partial charge on any atom is -0.488 e. The van der Waals surface area contributed by atoms with Crippen molar-refractivity contribution in [3.63, 3.8) is 0 Å². The van der Waals surface area contributed by atoms with Crippen LogP contribution in [-0.2, 0) is 14.9 Å². The summed E-state index contributed by atoms with van der Waals surface area (Å²) >= 11 is 0. The van der Waals surface area contributed by atoms with Crippen molar-refractivity contribution in [1.29, 1.82) is 0 Å². The fourth-order valence-corrected chi connectivity index (χ4v) is 2.11. The van der Waals surface area contributed by atoms with Gasteiger partial charge in [0.1, 0.15) is 18.0 Å². The van der Waals surface area contributed by atoms with E-state index in [-0.39, 0.29) is 18.0 Å². The van der Waals surface area contributed by atoms with Gasteiger partial charge >= 0.3 is 5.97 Å². The number of hydrogen-bond acceptors (Lipinski definition) is 3. The van der Waals surface area contributed by atoms with E-state index in [0.717, 1.165) is 11.3 Å². The van der Waals surface area contributed by atoms with Crippen molar-refractivity contribution in [2.75, 3.05) is 6.61 Å². The Morgan fingerprint density at radius 3 is 2.38 bits per heavy atom. The van der Waals surface area contributed by atoms with Crippen LogP contribution in [-0.4, -0.2) is 18.2 Å². The molecule has 0 fully saturated rings. The average Bonchev–Trinajstić information content (AvgIpc) is 2.34. The minimum absolute atomic E-state index is 0.0619. The molecule has 0 aliphatic carbocycles. The van der Waals surface area contributed by atoms with E-state index in [2.05, 4.69) is 32.9 Å². The molecule has 0 atom stereocenters. The van der Waals surface area contributed by atoms with Gasteiger partial charge in [0, 0.05) is 5.56 Å². The summed E-state index contributed by atoms with van der Waals surface area (Å²) < 4.78 is 11.1. The van der Waals surface area contributed by atoms with E-state index in [9.17, 15) is 4.79 Å². The molecule has 0 aromatic heterocycles. The van der Waals surface area contributed by atoms with Gasteiger partial charge in [-0.3, -0.25) is 0 Å². The van der Waals surface area contributed by atoms with E-state index in [4.69, 9.17) is 9.47 Å². The summed E-state index contributed by atoms with van der Waals surface area (Å²) in [5.41, 5.74) is 2.28. The molecule has 2 rings (SSSR count). The molecule has 0 unspecified atom stereocenters. The SMILES string of the molecule is CC(C)(C)OC(=O)C1=Cc2cc(C(C)(C)C)ccc2OC1. The summed E-state index contributed by atoms with van der Waals surface area (Å²) in [5, 5.41) is 0. The number of esters is 1. The lowest BCUT2D eigenvalue weighted by Gasteiger charge is -2.24. The van der Waals surface area contributed by atoms with Gasteiger partial charge in [0.25, 0.3) is 0 Å². The van der Waals surface area contributed by atoms with Crippen LogP contribution >= 0.6 is 0 Å². The van der Waals surface area contributed by atoms with E-state index >= 15 is 0 Å². The molecule has 1 aromatic carbocycles. The van der Waals surface area contributed by atoms with Crippen molar-refractivity contribution >= 4 is 12.0 Å². The lowest BCUT2D eigenvalue weighted by atomic mass is 9.85. The van der Waals surface area contributed by atoms with E-state index < -0.39 is 5.60 Å². The molecular formula is C18H24O3. The van der Waals surface area contributed by atoms with Gasteiger partial charge in [-0.2, -0.15) is 0 Å². The molecule has 0 N–H and O–H groups in total. The molecule has 3 heteroatoms. The van der Waals surface area contributed by atoms with E-state index in [1.165, 1.54) is 5.56 Å². The fourth-order valence-electron chi connectivity index (χ4n) is 2.11. The summed E-state index contributed by atoms with van der Waals surface area (Å²) in [5.74, 6) is 0.504.